The van der Waals surface area contributed by atoms with E-state index in [0.717, 1.165) is 11.8 Å². The maximum Gasteiger partial charge on any atom is 0.213 e. The molecule has 0 saturated heterocycles. The first-order chi connectivity index (χ1) is 7.12. The molecule has 3 rings (SSSR count). The van der Waals surface area contributed by atoms with E-state index < -0.39 is 10.0 Å². The Morgan fingerprint density at radius 2 is 1.80 bits per heavy atom. The van der Waals surface area contributed by atoms with Crippen molar-refractivity contribution in [3.63, 3.8) is 0 Å². The molecule has 3 aliphatic rings. The van der Waals surface area contributed by atoms with Gasteiger partial charge in [0.25, 0.3) is 0 Å². The summed E-state index contributed by atoms with van der Waals surface area (Å²) in [5.41, 5.74) is 5.27. The molecule has 0 radical (unpaired) electrons. The maximum atomic E-state index is 11.6. The largest absolute Gasteiger partial charge is 0.329 e. The van der Waals surface area contributed by atoms with E-state index in [-0.39, 0.29) is 18.3 Å². The highest BCUT2D eigenvalue weighted by Crippen LogP contribution is 2.65. The molecule has 0 spiro atoms. The van der Waals surface area contributed by atoms with Crippen molar-refractivity contribution in [2.24, 2.45) is 29.4 Å². The summed E-state index contributed by atoms with van der Waals surface area (Å²) in [5, 5.41) is 0. The predicted molar refractivity (Wildman–Crippen MR) is 57.6 cm³/mol. The van der Waals surface area contributed by atoms with Crippen LogP contribution < -0.4 is 10.5 Å². The first-order valence-electron chi connectivity index (χ1n) is 5.82. The molecule has 0 aromatic heterocycles. The summed E-state index contributed by atoms with van der Waals surface area (Å²) in [4.78, 5) is 0. The smallest absolute Gasteiger partial charge is 0.213 e. The van der Waals surface area contributed by atoms with Gasteiger partial charge in [-0.15, -0.1) is 0 Å². The van der Waals surface area contributed by atoms with Gasteiger partial charge < -0.3 is 5.73 Å². The van der Waals surface area contributed by atoms with Crippen LogP contribution >= 0.6 is 0 Å². The van der Waals surface area contributed by atoms with Crippen LogP contribution in [0.25, 0.3) is 0 Å². The normalized spacial score (nSPS) is 46.9. The highest BCUT2D eigenvalue weighted by atomic mass is 32.2. The molecule has 4 atom stereocenters. The van der Waals surface area contributed by atoms with E-state index in [9.17, 15) is 8.42 Å². The third-order valence-corrected chi connectivity index (χ3v) is 5.84. The molecule has 0 aromatic carbocycles. The van der Waals surface area contributed by atoms with Crippen LogP contribution in [0.2, 0.25) is 0 Å². The van der Waals surface area contributed by atoms with Crippen molar-refractivity contribution in [3.8, 4) is 0 Å². The van der Waals surface area contributed by atoms with Gasteiger partial charge in [-0.1, -0.05) is 0 Å². The molecule has 15 heavy (non-hydrogen) atoms. The standard InChI is InChI=1S/C10H18N2O2S/c11-3-4-15(13,14)12-10-8-6-1-2-7(5-6)9(8)10/h6-10,12H,1-5,11H2. The van der Waals surface area contributed by atoms with Gasteiger partial charge in [-0.25, -0.2) is 13.1 Å². The van der Waals surface area contributed by atoms with Crippen LogP contribution in [0.3, 0.4) is 0 Å². The Morgan fingerprint density at radius 3 is 2.33 bits per heavy atom. The van der Waals surface area contributed by atoms with Crippen molar-refractivity contribution < 1.29 is 8.42 Å². The topological polar surface area (TPSA) is 72.2 Å². The first-order valence-corrected chi connectivity index (χ1v) is 7.47. The van der Waals surface area contributed by atoms with Crippen molar-refractivity contribution in [1.29, 1.82) is 0 Å². The SMILES string of the molecule is NCCS(=O)(=O)NC1C2C3CCC(C3)C12. The van der Waals surface area contributed by atoms with Crippen LogP contribution in [-0.4, -0.2) is 26.8 Å². The van der Waals surface area contributed by atoms with E-state index in [1.165, 1.54) is 19.3 Å². The van der Waals surface area contributed by atoms with E-state index in [2.05, 4.69) is 4.72 Å². The Hall–Kier alpha value is -0.130. The molecule has 4 unspecified atom stereocenters. The molecule has 3 aliphatic carbocycles. The third-order valence-electron chi connectivity index (χ3n) is 4.44. The lowest BCUT2D eigenvalue weighted by Gasteiger charge is -2.10. The molecule has 4 nitrogen and oxygen atoms in total. The number of hydrogen-bond acceptors (Lipinski definition) is 3. The second kappa shape index (κ2) is 3.18. The molecular weight excluding hydrogens is 212 g/mol. The van der Waals surface area contributed by atoms with Crippen molar-refractivity contribution >= 4 is 10.0 Å². The zero-order chi connectivity index (χ0) is 10.6. The number of fused-ring (bicyclic) bond motifs is 5. The number of hydrogen-bond donors (Lipinski definition) is 2. The first kappa shape index (κ1) is 10.1. The Labute approximate surface area is 90.7 Å². The quantitative estimate of drug-likeness (QED) is 0.709. The number of sulfonamides is 1. The fourth-order valence-corrected chi connectivity index (χ4v) is 5.06. The van der Waals surface area contributed by atoms with E-state index in [1.54, 1.807) is 0 Å². The number of rotatable bonds is 4. The lowest BCUT2D eigenvalue weighted by molar-refractivity contribution is 0.456. The zero-order valence-electron chi connectivity index (χ0n) is 8.72. The Morgan fingerprint density at radius 1 is 1.20 bits per heavy atom. The van der Waals surface area contributed by atoms with E-state index in [1.807, 2.05) is 0 Å². The molecule has 0 amide bonds. The van der Waals surface area contributed by atoms with E-state index in [4.69, 9.17) is 5.73 Å². The van der Waals surface area contributed by atoms with Gasteiger partial charge in [0.2, 0.25) is 10.0 Å². The van der Waals surface area contributed by atoms with Crippen LogP contribution in [0.15, 0.2) is 0 Å². The fourth-order valence-electron chi connectivity index (χ4n) is 3.90. The van der Waals surface area contributed by atoms with Gasteiger partial charge in [-0.05, 0) is 42.9 Å². The van der Waals surface area contributed by atoms with Gasteiger partial charge in [-0.3, -0.25) is 0 Å². The van der Waals surface area contributed by atoms with Gasteiger partial charge >= 0.3 is 0 Å². The zero-order valence-corrected chi connectivity index (χ0v) is 9.54. The van der Waals surface area contributed by atoms with Crippen LogP contribution in [0.4, 0.5) is 0 Å². The van der Waals surface area contributed by atoms with Gasteiger partial charge in [0.1, 0.15) is 0 Å². The minimum absolute atomic E-state index is 0.0677. The third kappa shape index (κ3) is 1.52. The fraction of sp³-hybridized carbons (Fsp3) is 1.00. The van der Waals surface area contributed by atoms with Crippen LogP contribution in [0, 0.1) is 23.7 Å². The van der Waals surface area contributed by atoms with Crippen molar-refractivity contribution in [2.45, 2.75) is 25.3 Å². The van der Waals surface area contributed by atoms with Gasteiger partial charge in [0, 0.05) is 12.6 Å². The Kier molecular flexibility index (Phi) is 2.13. The molecule has 86 valence electrons. The highest BCUT2D eigenvalue weighted by Gasteiger charge is 2.65. The van der Waals surface area contributed by atoms with Crippen molar-refractivity contribution in [1.82, 2.24) is 4.72 Å². The van der Waals surface area contributed by atoms with Crippen molar-refractivity contribution in [2.75, 3.05) is 12.3 Å². The second-order valence-electron chi connectivity index (χ2n) is 5.24. The molecule has 3 saturated carbocycles. The minimum Gasteiger partial charge on any atom is -0.329 e. The average Bonchev–Trinajstić information content (AvgIpc) is 2.60. The Bertz CT molecular complexity index is 352. The van der Waals surface area contributed by atoms with Gasteiger partial charge in [0.15, 0.2) is 0 Å². The molecular formula is C10H18N2O2S. The van der Waals surface area contributed by atoms with Crippen LogP contribution in [0.5, 0.6) is 0 Å². The summed E-state index contributed by atoms with van der Waals surface area (Å²) in [5.74, 6) is 3.02. The van der Waals surface area contributed by atoms with E-state index >= 15 is 0 Å². The second-order valence-corrected chi connectivity index (χ2v) is 7.11. The van der Waals surface area contributed by atoms with E-state index in [0.29, 0.717) is 11.8 Å². The Balaban J connectivity index is 1.64. The lowest BCUT2D eigenvalue weighted by Crippen LogP contribution is -2.34. The minimum atomic E-state index is -3.10. The molecule has 3 N–H and O–H groups in total. The summed E-state index contributed by atoms with van der Waals surface area (Å²) in [7, 11) is -3.10. The van der Waals surface area contributed by atoms with Gasteiger partial charge in [-0.2, -0.15) is 0 Å². The van der Waals surface area contributed by atoms with Crippen LogP contribution in [0.1, 0.15) is 19.3 Å². The van der Waals surface area contributed by atoms with Crippen LogP contribution in [-0.2, 0) is 10.0 Å². The molecule has 0 heterocycles. The molecule has 3 fully saturated rings. The van der Waals surface area contributed by atoms with Crippen molar-refractivity contribution in [3.05, 3.63) is 0 Å². The molecule has 2 bridgehead atoms. The maximum absolute atomic E-state index is 11.6. The molecule has 0 aliphatic heterocycles. The summed E-state index contributed by atoms with van der Waals surface area (Å²) in [6.45, 7) is 0.213. The lowest BCUT2D eigenvalue weighted by atomic mass is 10.0. The molecule has 0 aromatic rings. The summed E-state index contributed by atoms with van der Waals surface area (Å²) >= 11 is 0. The average molecular weight is 230 g/mol. The highest BCUT2D eigenvalue weighted by molar-refractivity contribution is 7.89. The number of nitrogens with one attached hydrogen (secondary N) is 1. The number of nitrogens with two attached hydrogens (primary N) is 1. The monoisotopic (exact) mass is 230 g/mol. The summed E-state index contributed by atoms with van der Waals surface area (Å²) in [6, 6.07) is 0.257. The summed E-state index contributed by atoms with van der Waals surface area (Å²) in [6.07, 6.45) is 3.99. The van der Waals surface area contributed by atoms with Gasteiger partial charge in [0.05, 0.1) is 5.75 Å². The predicted octanol–water partition coefficient (Wildman–Crippen LogP) is -0.0910. The molecule has 5 heteroatoms. The summed E-state index contributed by atoms with van der Waals surface area (Å²) < 4.78 is 25.9.